The van der Waals surface area contributed by atoms with E-state index in [0.29, 0.717) is 25.7 Å². The summed E-state index contributed by atoms with van der Waals surface area (Å²) in [4.78, 5) is 24.4. The zero-order chi connectivity index (χ0) is 19.0. The molecular weight excluding hydrogens is 345 g/mol. The number of halogens is 3. The lowest BCUT2D eigenvalue weighted by molar-refractivity contribution is -0.258. The first-order chi connectivity index (χ1) is 10.9. The van der Waals surface area contributed by atoms with Gasteiger partial charge in [-0.2, -0.15) is 13.2 Å². The van der Waals surface area contributed by atoms with E-state index in [1.165, 1.54) is 19.6 Å². The molecule has 0 N–H and O–H groups in total. The molecule has 0 heterocycles. The molecule has 0 saturated heterocycles. The highest BCUT2D eigenvalue weighted by Gasteiger charge is 2.71. The molecule has 0 aromatic rings. The lowest BCUT2D eigenvalue weighted by Gasteiger charge is -2.36. The summed E-state index contributed by atoms with van der Waals surface area (Å²) in [5.41, 5.74) is -3.72. The molecule has 0 aliphatic rings. The van der Waals surface area contributed by atoms with Gasteiger partial charge in [0.2, 0.25) is 0 Å². The van der Waals surface area contributed by atoms with Gasteiger partial charge in [0.1, 0.15) is 0 Å². The van der Waals surface area contributed by atoms with Crippen molar-refractivity contribution in [2.75, 3.05) is 13.2 Å². The maximum Gasteiger partial charge on any atom is 0.438 e. The van der Waals surface area contributed by atoms with Crippen molar-refractivity contribution in [3.05, 3.63) is 0 Å². The second-order valence-corrected chi connectivity index (χ2v) is 10.8. The maximum absolute atomic E-state index is 13.7. The molecule has 0 atom stereocenters. The average molecular weight is 372 g/mol. The molecule has 0 fully saturated rings. The quantitative estimate of drug-likeness (QED) is 0.252. The van der Waals surface area contributed by atoms with Crippen molar-refractivity contribution in [3.8, 4) is 0 Å². The van der Waals surface area contributed by atoms with E-state index in [2.05, 4.69) is 9.47 Å². The first kappa shape index (κ1) is 22.9. The summed E-state index contributed by atoms with van der Waals surface area (Å²) in [6.07, 6.45) is -3.25. The zero-order valence-corrected chi connectivity index (χ0v) is 15.9. The van der Waals surface area contributed by atoms with Gasteiger partial charge in [0, 0.05) is 0 Å². The van der Waals surface area contributed by atoms with Crippen molar-refractivity contribution >= 4 is 20.3 Å². The van der Waals surface area contributed by atoms with E-state index in [4.69, 9.17) is 4.43 Å². The summed E-state index contributed by atoms with van der Waals surface area (Å²) < 4.78 is 55.6. The van der Waals surface area contributed by atoms with E-state index in [9.17, 15) is 22.8 Å². The molecule has 142 valence electrons. The molecule has 0 radical (unpaired) electrons. The van der Waals surface area contributed by atoms with Gasteiger partial charge in [0.25, 0.3) is 0 Å². The first-order valence-corrected chi connectivity index (χ1v) is 11.4. The first-order valence-electron chi connectivity index (χ1n) is 8.03. The summed E-state index contributed by atoms with van der Waals surface area (Å²) >= 11 is 0. The molecule has 0 saturated carbocycles. The topological polar surface area (TPSA) is 61.8 Å². The van der Waals surface area contributed by atoms with E-state index in [1.807, 2.05) is 0 Å². The molecular formula is C15H27F3O5Si. The van der Waals surface area contributed by atoms with Crippen LogP contribution in [0.25, 0.3) is 0 Å². The molecule has 24 heavy (non-hydrogen) atoms. The van der Waals surface area contributed by atoms with Gasteiger partial charge in [0.05, 0.1) is 13.2 Å². The Morgan fingerprint density at radius 2 is 1.25 bits per heavy atom. The predicted octanol–water partition coefficient (Wildman–Crippen LogP) is 3.83. The Hall–Kier alpha value is -1.09. The molecule has 0 aromatic heterocycles. The van der Waals surface area contributed by atoms with E-state index >= 15 is 0 Å². The minimum absolute atomic E-state index is 0.218. The normalized spacial score (nSPS) is 12.8. The van der Waals surface area contributed by atoms with Crippen LogP contribution in [0.15, 0.2) is 0 Å². The van der Waals surface area contributed by atoms with E-state index in [0.717, 1.165) is 0 Å². The second-order valence-electron chi connectivity index (χ2n) is 6.37. The second kappa shape index (κ2) is 9.41. The summed E-state index contributed by atoms with van der Waals surface area (Å²) in [5.74, 6) is -3.51. The number of ether oxygens (including phenoxy) is 2. The summed E-state index contributed by atoms with van der Waals surface area (Å²) in [6, 6.07) is 0. The third-order valence-corrected chi connectivity index (χ3v) is 3.81. The minimum atomic E-state index is -5.28. The number of rotatable bonds is 10. The van der Waals surface area contributed by atoms with Gasteiger partial charge in [0.15, 0.2) is 8.32 Å². The molecule has 0 unspecified atom stereocenters. The lowest BCUT2D eigenvalue weighted by Crippen LogP contribution is -2.64. The number of hydrogen-bond donors (Lipinski definition) is 0. The standard InChI is InChI=1S/C15H27F3O5Si/c1-6-8-10-21-12(19)14(15(16,17)18,23-24(3,4)5)13(20)22-11-9-7-2/h6-11H2,1-5H3. The van der Waals surface area contributed by atoms with E-state index in [1.54, 1.807) is 13.8 Å². The Bertz CT molecular complexity index is 396. The fourth-order valence-electron chi connectivity index (χ4n) is 1.74. The lowest BCUT2D eigenvalue weighted by atomic mass is 10.0. The molecule has 9 heteroatoms. The fourth-order valence-corrected chi connectivity index (χ4v) is 2.94. The molecule has 0 amide bonds. The summed E-state index contributed by atoms with van der Waals surface area (Å²) in [6.45, 7) is 7.50. The Morgan fingerprint density at radius 1 is 0.875 bits per heavy atom. The van der Waals surface area contributed by atoms with Gasteiger partial charge in [-0.25, -0.2) is 9.59 Å². The van der Waals surface area contributed by atoms with Crippen LogP contribution in [0.5, 0.6) is 0 Å². The van der Waals surface area contributed by atoms with Crippen molar-refractivity contribution < 1.29 is 36.7 Å². The van der Waals surface area contributed by atoms with Crippen LogP contribution in [-0.2, 0) is 23.5 Å². The highest BCUT2D eigenvalue weighted by atomic mass is 28.4. The number of alkyl halides is 3. The number of unbranched alkanes of at least 4 members (excludes halogenated alkanes) is 2. The molecule has 5 nitrogen and oxygen atoms in total. The third-order valence-electron chi connectivity index (χ3n) is 2.90. The fraction of sp³-hybridized carbons (Fsp3) is 0.867. The van der Waals surface area contributed by atoms with Crippen LogP contribution >= 0.6 is 0 Å². The largest absolute Gasteiger partial charge is 0.463 e. The van der Waals surface area contributed by atoms with Crippen LogP contribution < -0.4 is 0 Å². The highest BCUT2D eigenvalue weighted by molar-refractivity contribution is 6.70. The molecule has 0 aliphatic carbocycles. The number of esters is 2. The number of carbonyl (C=O) groups is 2. The van der Waals surface area contributed by atoms with Crippen molar-refractivity contribution in [2.24, 2.45) is 0 Å². The third kappa shape index (κ3) is 6.43. The SMILES string of the molecule is CCCCOC(=O)C(O[Si](C)(C)C)(C(=O)OCCCC)C(F)(F)F. The van der Waals surface area contributed by atoms with E-state index in [-0.39, 0.29) is 13.2 Å². The van der Waals surface area contributed by atoms with Crippen LogP contribution in [0, 0.1) is 0 Å². The summed E-state index contributed by atoms with van der Waals surface area (Å²) in [7, 11) is -2.94. The van der Waals surface area contributed by atoms with Gasteiger partial charge in [-0.3, -0.25) is 0 Å². The van der Waals surface area contributed by atoms with Crippen molar-refractivity contribution in [1.82, 2.24) is 0 Å². The monoisotopic (exact) mass is 372 g/mol. The van der Waals surface area contributed by atoms with Gasteiger partial charge in [-0.1, -0.05) is 26.7 Å². The Morgan fingerprint density at radius 3 is 1.50 bits per heavy atom. The number of carbonyl (C=O) groups excluding carboxylic acids is 2. The van der Waals surface area contributed by atoms with Crippen LogP contribution in [0.2, 0.25) is 19.6 Å². The van der Waals surface area contributed by atoms with Gasteiger partial charge in [-0.05, 0) is 32.5 Å². The highest BCUT2D eigenvalue weighted by Crippen LogP contribution is 2.38. The van der Waals surface area contributed by atoms with Crippen LogP contribution in [0.3, 0.4) is 0 Å². The van der Waals surface area contributed by atoms with Gasteiger partial charge >= 0.3 is 23.7 Å². The molecule has 0 rings (SSSR count). The minimum Gasteiger partial charge on any atom is -0.463 e. The van der Waals surface area contributed by atoms with Gasteiger partial charge in [-0.15, -0.1) is 0 Å². The molecule has 0 aromatic carbocycles. The summed E-state index contributed by atoms with van der Waals surface area (Å²) in [5, 5.41) is 0. The van der Waals surface area contributed by atoms with Crippen LogP contribution in [0.4, 0.5) is 13.2 Å². The Balaban J connectivity index is 5.70. The van der Waals surface area contributed by atoms with Crippen molar-refractivity contribution in [2.45, 2.75) is 70.9 Å². The molecule has 0 spiro atoms. The predicted molar refractivity (Wildman–Crippen MR) is 85.0 cm³/mol. The number of hydrogen-bond acceptors (Lipinski definition) is 5. The van der Waals surface area contributed by atoms with E-state index < -0.39 is 32.0 Å². The average Bonchev–Trinajstić information content (AvgIpc) is 2.42. The maximum atomic E-state index is 13.7. The zero-order valence-electron chi connectivity index (χ0n) is 14.9. The molecule has 0 bridgehead atoms. The van der Waals surface area contributed by atoms with Gasteiger partial charge < -0.3 is 13.9 Å². The smallest absolute Gasteiger partial charge is 0.438 e. The van der Waals surface area contributed by atoms with Crippen molar-refractivity contribution in [1.29, 1.82) is 0 Å². The Kier molecular flexibility index (Phi) is 8.98. The van der Waals surface area contributed by atoms with Crippen LogP contribution in [0.1, 0.15) is 39.5 Å². The van der Waals surface area contributed by atoms with Crippen LogP contribution in [-0.4, -0.2) is 45.2 Å². The Labute approximate surface area is 142 Å². The van der Waals surface area contributed by atoms with Crippen molar-refractivity contribution in [3.63, 3.8) is 0 Å². The molecule has 0 aliphatic heterocycles.